The van der Waals surface area contributed by atoms with Gasteiger partial charge < -0.3 is 9.15 Å². The molecule has 144 valence electrons. The molecule has 1 aromatic heterocycles. The van der Waals surface area contributed by atoms with Crippen molar-refractivity contribution >= 4 is 5.78 Å². The van der Waals surface area contributed by atoms with Gasteiger partial charge in [-0.25, -0.2) is 4.98 Å². The Morgan fingerprint density at radius 1 is 1.11 bits per heavy atom. The molecule has 0 N–H and O–H groups in total. The van der Waals surface area contributed by atoms with Crippen molar-refractivity contribution in [2.75, 3.05) is 20.2 Å². The molecule has 0 saturated carbocycles. The molecular formula is C23H24N2O3. The number of oxazole rings is 1. The number of hydrogen-bond acceptors (Lipinski definition) is 5. The van der Waals surface area contributed by atoms with E-state index >= 15 is 0 Å². The fraction of sp³-hybridized carbons (Fsp3) is 0.304. The zero-order valence-electron chi connectivity index (χ0n) is 16.0. The summed E-state index contributed by atoms with van der Waals surface area (Å²) in [5.74, 6) is 2.59. The molecule has 1 aliphatic rings. The van der Waals surface area contributed by atoms with Gasteiger partial charge in [0.1, 0.15) is 5.75 Å². The first kappa shape index (κ1) is 18.4. The highest BCUT2D eigenvalue weighted by Gasteiger charge is 2.26. The summed E-state index contributed by atoms with van der Waals surface area (Å²) in [4.78, 5) is 19.5. The Bertz CT molecular complexity index is 911. The van der Waals surface area contributed by atoms with Crippen molar-refractivity contribution in [2.45, 2.75) is 19.4 Å². The molecule has 5 nitrogen and oxygen atoms in total. The van der Waals surface area contributed by atoms with E-state index in [1.165, 1.54) is 0 Å². The highest BCUT2D eigenvalue weighted by Crippen LogP contribution is 2.25. The number of nitrogens with zero attached hydrogens (tertiary/aromatic N) is 2. The molecule has 0 unspecified atom stereocenters. The van der Waals surface area contributed by atoms with Crippen LogP contribution in [0.25, 0.3) is 11.3 Å². The Labute approximate surface area is 165 Å². The van der Waals surface area contributed by atoms with Crippen LogP contribution in [0, 0.1) is 5.92 Å². The van der Waals surface area contributed by atoms with Crippen LogP contribution in [0.15, 0.2) is 65.2 Å². The molecule has 0 amide bonds. The minimum atomic E-state index is 0.0779. The molecule has 5 heteroatoms. The highest BCUT2D eigenvalue weighted by molar-refractivity contribution is 5.98. The maximum Gasteiger partial charge on any atom is 0.209 e. The molecule has 3 aromatic rings. The number of carbonyl (C=O) groups is 1. The van der Waals surface area contributed by atoms with Gasteiger partial charge in [-0.15, -0.1) is 0 Å². The van der Waals surface area contributed by atoms with Gasteiger partial charge in [-0.05, 0) is 50.2 Å². The topological polar surface area (TPSA) is 55.6 Å². The minimum Gasteiger partial charge on any atom is -0.497 e. The number of rotatable bonds is 6. The summed E-state index contributed by atoms with van der Waals surface area (Å²) in [5.41, 5.74) is 1.80. The van der Waals surface area contributed by atoms with Crippen molar-refractivity contribution < 1.29 is 13.9 Å². The first-order chi connectivity index (χ1) is 13.7. The van der Waals surface area contributed by atoms with E-state index in [9.17, 15) is 4.79 Å². The van der Waals surface area contributed by atoms with Crippen molar-refractivity contribution in [1.29, 1.82) is 0 Å². The molecule has 1 fully saturated rings. The Kier molecular flexibility index (Phi) is 5.53. The third-order valence-electron chi connectivity index (χ3n) is 5.30. The summed E-state index contributed by atoms with van der Waals surface area (Å²) >= 11 is 0. The highest BCUT2D eigenvalue weighted by atomic mass is 16.5. The summed E-state index contributed by atoms with van der Waals surface area (Å²) in [5, 5.41) is 0. The number of ketones is 1. The van der Waals surface area contributed by atoms with Crippen molar-refractivity contribution in [3.8, 4) is 17.1 Å². The number of benzene rings is 2. The van der Waals surface area contributed by atoms with Gasteiger partial charge in [0, 0.05) is 17.0 Å². The Hall–Kier alpha value is -2.92. The molecule has 0 radical (unpaired) electrons. The zero-order chi connectivity index (χ0) is 19.3. The van der Waals surface area contributed by atoms with Gasteiger partial charge in [0.15, 0.2) is 11.5 Å². The Morgan fingerprint density at radius 2 is 1.82 bits per heavy atom. The van der Waals surface area contributed by atoms with Crippen molar-refractivity contribution in [1.82, 2.24) is 9.88 Å². The monoisotopic (exact) mass is 376 g/mol. The van der Waals surface area contributed by atoms with Crippen molar-refractivity contribution in [3.05, 3.63) is 72.2 Å². The van der Waals surface area contributed by atoms with Crippen LogP contribution in [-0.2, 0) is 6.54 Å². The van der Waals surface area contributed by atoms with Crippen LogP contribution in [0.5, 0.6) is 5.75 Å². The van der Waals surface area contributed by atoms with E-state index in [2.05, 4.69) is 9.88 Å². The van der Waals surface area contributed by atoms with E-state index in [-0.39, 0.29) is 11.7 Å². The first-order valence-corrected chi connectivity index (χ1v) is 9.63. The van der Waals surface area contributed by atoms with Gasteiger partial charge in [-0.1, -0.05) is 30.3 Å². The molecular weight excluding hydrogens is 352 g/mol. The van der Waals surface area contributed by atoms with Crippen molar-refractivity contribution in [2.24, 2.45) is 5.92 Å². The van der Waals surface area contributed by atoms with E-state index in [1.807, 2.05) is 54.6 Å². The lowest BCUT2D eigenvalue weighted by molar-refractivity contribution is 0.0828. The van der Waals surface area contributed by atoms with Gasteiger partial charge in [0.25, 0.3) is 0 Å². The summed E-state index contributed by atoms with van der Waals surface area (Å²) < 4.78 is 11.1. The van der Waals surface area contributed by atoms with Crippen LogP contribution in [0.2, 0.25) is 0 Å². The van der Waals surface area contributed by atoms with Gasteiger partial charge >= 0.3 is 0 Å². The second-order valence-electron chi connectivity index (χ2n) is 7.13. The second-order valence-corrected chi connectivity index (χ2v) is 7.13. The van der Waals surface area contributed by atoms with Crippen LogP contribution in [-0.4, -0.2) is 35.9 Å². The summed E-state index contributed by atoms with van der Waals surface area (Å²) in [6.07, 6.45) is 3.50. The smallest absolute Gasteiger partial charge is 0.209 e. The fourth-order valence-electron chi connectivity index (χ4n) is 3.65. The molecule has 4 rings (SSSR count). The van der Waals surface area contributed by atoms with Crippen LogP contribution in [0.4, 0.5) is 0 Å². The number of aromatic nitrogens is 1. The van der Waals surface area contributed by atoms with Gasteiger partial charge in [-0.2, -0.15) is 0 Å². The molecule has 0 spiro atoms. The molecule has 2 aromatic carbocycles. The molecule has 28 heavy (non-hydrogen) atoms. The van der Waals surface area contributed by atoms with Crippen LogP contribution in [0.1, 0.15) is 29.1 Å². The number of Topliss-reactive ketones (excluding diaryl/α,β-unsaturated/α-hetero) is 1. The predicted molar refractivity (Wildman–Crippen MR) is 107 cm³/mol. The molecule has 0 bridgehead atoms. The van der Waals surface area contributed by atoms with E-state index in [1.54, 1.807) is 13.3 Å². The Morgan fingerprint density at radius 3 is 2.50 bits per heavy atom. The number of hydrogen-bond donors (Lipinski definition) is 0. The lowest BCUT2D eigenvalue weighted by atomic mass is 9.89. The quantitative estimate of drug-likeness (QED) is 0.595. The summed E-state index contributed by atoms with van der Waals surface area (Å²) in [6.45, 7) is 2.42. The number of carbonyl (C=O) groups excluding carboxylic acids is 1. The lowest BCUT2D eigenvalue weighted by Gasteiger charge is -2.30. The van der Waals surface area contributed by atoms with Crippen LogP contribution < -0.4 is 4.74 Å². The number of likely N-dealkylation sites (tertiary alicyclic amines) is 1. The predicted octanol–water partition coefficient (Wildman–Crippen LogP) is 4.45. The third kappa shape index (κ3) is 4.15. The van der Waals surface area contributed by atoms with Gasteiger partial charge in [0.2, 0.25) is 5.89 Å². The van der Waals surface area contributed by atoms with Crippen molar-refractivity contribution in [3.63, 3.8) is 0 Å². The van der Waals surface area contributed by atoms with E-state index in [4.69, 9.17) is 9.15 Å². The van der Waals surface area contributed by atoms with Crippen LogP contribution in [0.3, 0.4) is 0 Å². The zero-order valence-corrected chi connectivity index (χ0v) is 16.0. The average molecular weight is 376 g/mol. The first-order valence-electron chi connectivity index (χ1n) is 9.63. The normalized spacial score (nSPS) is 15.5. The van der Waals surface area contributed by atoms with E-state index in [0.717, 1.165) is 54.5 Å². The molecule has 1 aliphatic heterocycles. The fourth-order valence-corrected chi connectivity index (χ4v) is 3.65. The van der Waals surface area contributed by atoms with Gasteiger partial charge in [0.05, 0.1) is 19.9 Å². The SMILES string of the molecule is COc1ccc(C(=O)C2CCN(Cc3ncc(-c4ccccc4)o3)CC2)cc1. The maximum absolute atomic E-state index is 12.7. The molecule has 1 saturated heterocycles. The van der Waals surface area contributed by atoms with E-state index < -0.39 is 0 Å². The second kappa shape index (κ2) is 8.40. The standard InChI is InChI=1S/C23H24N2O3/c1-27-20-9-7-18(8-10-20)23(26)19-11-13-25(14-12-19)16-22-24-15-21(28-22)17-5-3-2-4-6-17/h2-10,15,19H,11-14,16H2,1H3. The number of methoxy groups -OCH3 is 1. The molecule has 0 atom stereocenters. The summed E-state index contributed by atoms with van der Waals surface area (Å²) in [6, 6.07) is 17.4. The Balaban J connectivity index is 1.32. The van der Waals surface area contributed by atoms with Gasteiger partial charge in [-0.3, -0.25) is 9.69 Å². The number of ether oxygens (including phenoxy) is 1. The van der Waals surface area contributed by atoms with Crippen LogP contribution >= 0.6 is 0 Å². The molecule has 2 heterocycles. The largest absolute Gasteiger partial charge is 0.497 e. The third-order valence-corrected chi connectivity index (χ3v) is 5.30. The molecule has 0 aliphatic carbocycles. The lowest BCUT2D eigenvalue weighted by Crippen LogP contribution is -2.36. The maximum atomic E-state index is 12.7. The summed E-state index contributed by atoms with van der Waals surface area (Å²) in [7, 11) is 1.63. The minimum absolute atomic E-state index is 0.0779. The number of piperidine rings is 1. The van der Waals surface area contributed by atoms with E-state index in [0.29, 0.717) is 6.54 Å². The average Bonchev–Trinajstić information content (AvgIpc) is 3.23.